The summed E-state index contributed by atoms with van der Waals surface area (Å²) in [6.45, 7) is 0.0925. The highest BCUT2D eigenvalue weighted by Crippen LogP contribution is 2.28. The first kappa shape index (κ1) is 13.9. The number of aromatic nitrogens is 2. The van der Waals surface area contributed by atoms with Crippen molar-refractivity contribution in [3.05, 3.63) is 33.1 Å². The fraction of sp³-hybridized carbons (Fsp3) is 0.636. The van der Waals surface area contributed by atoms with Gasteiger partial charge >= 0.3 is 5.69 Å². The van der Waals surface area contributed by atoms with E-state index in [1.165, 1.54) is 26.4 Å². The number of ether oxygens (including phenoxy) is 2. The highest BCUT2D eigenvalue weighted by atomic mass is 16.6. The van der Waals surface area contributed by atoms with Crippen LogP contribution in [0.25, 0.3) is 0 Å². The maximum atomic E-state index is 11.9. The summed E-state index contributed by atoms with van der Waals surface area (Å²) in [6.07, 6.45) is -2.96. The van der Waals surface area contributed by atoms with Gasteiger partial charge in [-0.05, 0) is 0 Å². The average Bonchev–Trinajstić information content (AvgIpc) is 2.65. The Bertz CT molecular complexity index is 565. The van der Waals surface area contributed by atoms with E-state index >= 15 is 0 Å². The van der Waals surface area contributed by atoms with Gasteiger partial charge in [-0.2, -0.15) is 0 Å². The third-order valence-electron chi connectivity index (χ3n) is 3.16. The minimum Gasteiger partial charge on any atom is -0.387 e. The van der Waals surface area contributed by atoms with Crippen LogP contribution in [0.3, 0.4) is 0 Å². The molecular weight excluding hydrogens is 256 g/mol. The molecule has 0 amide bonds. The van der Waals surface area contributed by atoms with Crippen molar-refractivity contribution in [2.24, 2.45) is 7.05 Å². The molecule has 8 heteroatoms. The second-order valence-electron chi connectivity index (χ2n) is 4.40. The minimum absolute atomic E-state index is 0.0925. The lowest BCUT2D eigenvalue weighted by Crippen LogP contribution is -2.41. The van der Waals surface area contributed by atoms with Gasteiger partial charge in [-0.25, -0.2) is 4.79 Å². The summed E-state index contributed by atoms with van der Waals surface area (Å²) < 4.78 is 12.2. The Kier molecular flexibility index (Phi) is 3.85. The van der Waals surface area contributed by atoms with E-state index in [0.717, 1.165) is 9.13 Å². The van der Waals surface area contributed by atoms with Crippen LogP contribution in [-0.2, 0) is 16.5 Å². The largest absolute Gasteiger partial charge is 0.387 e. The van der Waals surface area contributed by atoms with Gasteiger partial charge in [0.1, 0.15) is 18.3 Å². The molecule has 106 valence electrons. The first-order chi connectivity index (χ1) is 8.97. The van der Waals surface area contributed by atoms with Gasteiger partial charge in [-0.1, -0.05) is 0 Å². The zero-order chi connectivity index (χ0) is 14.2. The summed E-state index contributed by atoms with van der Waals surface area (Å²) >= 11 is 0. The average molecular weight is 272 g/mol. The van der Waals surface area contributed by atoms with Crippen LogP contribution in [0.4, 0.5) is 0 Å². The standard InChI is InChI=1S/C11H16N2O6/c1-12-7(14)3-4-13(11(12)17)10-9(16)8(15)6(19-10)5-18-2/h3-4,6,8-10,15-16H,5H2,1-2H3/t6-,8-,9-,10-/m1/s1. The molecule has 1 aromatic rings. The number of hydrogen-bond acceptors (Lipinski definition) is 6. The van der Waals surface area contributed by atoms with Crippen molar-refractivity contribution in [2.45, 2.75) is 24.5 Å². The van der Waals surface area contributed by atoms with Crippen LogP contribution in [0.15, 0.2) is 21.9 Å². The maximum Gasteiger partial charge on any atom is 0.332 e. The highest BCUT2D eigenvalue weighted by Gasteiger charge is 2.44. The van der Waals surface area contributed by atoms with Gasteiger partial charge in [0.15, 0.2) is 6.23 Å². The van der Waals surface area contributed by atoms with Crippen LogP contribution in [0, 0.1) is 0 Å². The number of methoxy groups -OCH3 is 1. The van der Waals surface area contributed by atoms with Crippen LogP contribution in [0.1, 0.15) is 6.23 Å². The summed E-state index contributed by atoms with van der Waals surface area (Å²) in [4.78, 5) is 23.2. The molecule has 19 heavy (non-hydrogen) atoms. The molecule has 0 saturated carbocycles. The molecule has 1 aliphatic heterocycles. The van der Waals surface area contributed by atoms with Gasteiger partial charge in [0.05, 0.1) is 6.61 Å². The molecule has 0 unspecified atom stereocenters. The minimum atomic E-state index is -1.27. The zero-order valence-electron chi connectivity index (χ0n) is 10.6. The summed E-state index contributed by atoms with van der Waals surface area (Å²) in [7, 11) is 2.76. The van der Waals surface area contributed by atoms with Crippen LogP contribution < -0.4 is 11.2 Å². The van der Waals surface area contributed by atoms with Crippen LogP contribution >= 0.6 is 0 Å². The number of hydrogen-bond donors (Lipinski definition) is 2. The quantitative estimate of drug-likeness (QED) is 0.648. The van der Waals surface area contributed by atoms with Crippen molar-refractivity contribution in [3.63, 3.8) is 0 Å². The molecule has 2 N–H and O–H groups in total. The second kappa shape index (κ2) is 5.25. The van der Waals surface area contributed by atoms with Gasteiger partial charge in [-0.15, -0.1) is 0 Å². The van der Waals surface area contributed by atoms with E-state index in [1.54, 1.807) is 0 Å². The first-order valence-electron chi connectivity index (χ1n) is 5.76. The SMILES string of the molecule is COC[C@H]1O[C@@H](n2ccc(=O)n(C)c2=O)[C@H](O)[C@@H]1O. The van der Waals surface area contributed by atoms with Gasteiger partial charge in [-0.3, -0.25) is 13.9 Å². The highest BCUT2D eigenvalue weighted by molar-refractivity contribution is 4.94. The Hall–Kier alpha value is -1.48. The van der Waals surface area contributed by atoms with Gasteiger partial charge in [0.2, 0.25) is 0 Å². The fourth-order valence-corrected chi connectivity index (χ4v) is 2.04. The molecule has 0 aromatic carbocycles. The predicted octanol–water partition coefficient (Wildman–Crippen LogP) is -2.19. The van der Waals surface area contributed by atoms with Gasteiger partial charge < -0.3 is 19.7 Å². The fourth-order valence-electron chi connectivity index (χ4n) is 2.04. The lowest BCUT2D eigenvalue weighted by molar-refractivity contribution is -0.0618. The van der Waals surface area contributed by atoms with Crippen LogP contribution in [0.2, 0.25) is 0 Å². The third-order valence-corrected chi connectivity index (χ3v) is 3.16. The monoisotopic (exact) mass is 272 g/mol. The molecule has 0 spiro atoms. The molecule has 4 atom stereocenters. The van der Waals surface area contributed by atoms with Crippen molar-refractivity contribution in [2.75, 3.05) is 13.7 Å². The Labute approximate surface area is 108 Å². The van der Waals surface area contributed by atoms with Crippen molar-refractivity contribution in [1.82, 2.24) is 9.13 Å². The molecule has 8 nitrogen and oxygen atoms in total. The molecule has 1 aliphatic rings. The number of aliphatic hydroxyl groups is 2. The summed E-state index contributed by atoms with van der Waals surface area (Å²) in [6, 6.07) is 1.19. The predicted molar refractivity (Wildman–Crippen MR) is 63.7 cm³/mol. The van der Waals surface area contributed by atoms with Crippen molar-refractivity contribution < 1.29 is 19.7 Å². The number of rotatable bonds is 3. The molecule has 0 radical (unpaired) electrons. The van der Waals surface area contributed by atoms with E-state index in [4.69, 9.17) is 9.47 Å². The third kappa shape index (κ3) is 2.35. The molecule has 0 aliphatic carbocycles. The van der Waals surface area contributed by atoms with Crippen molar-refractivity contribution in [1.29, 1.82) is 0 Å². The smallest absolute Gasteiger partial charge is 0.332 e. The van der Waals surface area contributed by atoms with E-state index in [2.05, 4.69) is 0 Å². The molecule has 1 saturated heterocycles. The lowest BCUT2D eigenvalue weighted by atomic mass is 10.1. The number of aliphatic hydroxyl groups excluding tert-OH is 2. The topological polar surface area (TPSA) is 103 Å². The van der Waals surface area contributed by atoms with Crippen molar-refractivity contribution >= 4 is 0 Å². The molecule has 2 heterocycles. The van der Waals surface area contributed by atoms with Gasteiger partial charge in [0.25, 0.3) is 5.56 Å². The second-order valence-corrected chi connectivity index (χ2v) is 4.40. The Balaban J connectivity index is 2.36. The molecule has 2 rings (SSSR count). The first-order valence-corrected chi connectivity index (χ1v) is 5.76. The van der Waals surface area contributed by atoms with E-state index in [-0.39, 0.29) is 6.61 Å². The molecule has 1 fully saturated rings. The van der Waals surface area contributed by atoms with Crippen LogP contribution in [0.5, 0.6) is 0 Å². The maximum absolute atomic E-state index is 11.9. The van der Waals surface area contributed by atoms with E-state index in [1.807, 2.05) is 0 Å². The normalized spacial score (nSPS) is 30.7. The summed E-state index contributed by atoms with van der Waals surface area (Å²) in [5.74, 6) is 0. The van der Waals surface area contributed by atoms with E-state index in [0.29, 0.717) is 0 Å². The molecule has 0 bridgehead atoms. The van der Waals surface area contributed by atoms with E-state index in [9.17, 15) is 19.8 Å². The zero-order valence-corrected chi connectivity index (χ0v) is 10.6. The summed E-state index contributed by atoms with van der Waals surface area (Å²) in [5, 5.41) is 19.7. The molecule has 1 aromatic heterocycles. The Morgan fingerprint density at radius 2 is 2.05 bits per heavy atom. The van der Waals surface area contributed by atoms with Gasteiger partial charge in [0, 0.05) is 26.4 Å². The molecular formula is C11H16N2O6. The Morgan fingerprint density at radius 3 is 2.68 bits per heavy atom. The van der Waals surface area contributed by atoms with E-state index < -0.39 is 35.8 Å². The summed E-state index contributed by atoms with van der Waals surface area (Å²) in [5.41, 5.74) is -1.08. The van der Waals surface area contributed by atoms with Crippen molar-refractivity contribution in [3.8, 4) is 0 Å². The lowest BCUT2D eigenvalue weighted by Gasteiger charge is -2.17. The number of nitrogens with zero attached hydrogens (tertiary/aromatic N) is 2. The Morgan fingerprint density at radius 1 is 1.37 bits per heavy atom. The van der Waals surface area contributed by atoms with Crippen LogP contribution in [-0.4, -0.2) is 51.4 Å².